The van der Waals surface area contributed by atoms with Crippen LogP contribution in [-0.4, -0.2) is 82.5 Å². The maximum absolute atomic E-state index is 9.12. The maximum atomic E-state index is 9.12. The Bertz CT molecular complexity index is 129. The predicted molar refractivity (Wildman–Crippen MR) is 52.4 cm³/mol. The van der Waals surface area contributed by atoms with Gasteiger partial charge in [0.2, 0.25) is 0 Å². The van der Waals surface area contributed by atoms with E-state index in [2.05, 4.69) is 0 Å². The lowest BCUT2D eigenvalue weighted by molar-refractivity contribution is -0.140. The summed E-state index contributed by atoms with van der Waals surface area (Å²) < 4.78 is 0. The van der Waals surface area contributed by atoms with E-state index in [9.17, 15) is 0 Å². The van der Waals surface area contributed by atoms with Gasteiger partial charge < -0.3 is 25.5 Å². The molecule has 0 saturated carbocycles. The standard InChI is InChI=1S/C6H15NO3.C2H4O3/c8-4-1-7(2-5-9)3-6-10;3-1-2(4)5/h8-10H,1-6H2;3H,1H2,(H,4,5). The van der Waals surface area contributed by atoms with Crippen LogP contribution in [-0.2, 0) is 4.79 Å². The zero-order valence-electron chi connectivity index (χ0n) is 8.54. The fourth-order valence-electron chi connectivity index (χ4n) is 0.760. The lowest BCUT2D eigenvalue weighted by Gasteiger charge is -2.17. The van der Waals surface area contributed by atoms with Gasteiger partial charge in [-0.15, -0.1) is 0 Å². The van der Waals surface area contributed by atoms with Gasteiger partial charge >= 0.3 is 5.97 Å². The van der Waals surface area contributed by atoms with Crippen LogP contribution in [0.2, 0.25) is 0 Å². The van der Waals surface area contributed by atoms with Gasteiger partial charge in [0.25, 0.3) is 0 Å². The molecule has 92 valence electrons. The van der Waals surface area contributed by atoms with Crippen molar-refractivity contribution in [3.05, 3.63) is 0 Å². The molecule has 0 amide bonds. The molecule has 0 aromatic heterocycles. The molecule has 0 aliphatic heterocycles. The molecular weight excluding hydrogens is 206 g/mol. The van der Waals surface area contributed by atoms with Crippen molar-refractivity contribution in [2.45, 2.75) is 0 Å². The van der Waals surface area contributed by atoms with Crippen molar-refractivity contribution in [1.82, 2.24) is 4.90 Å². The average Bonchev–Trinajstić information content (AvgIpc) is 2.20. The van der Waals surface area contributed by atoms with Crippen molar-refractivity contribution in [2.75, 3.05) is 46.1 Å². The second-order valence-electron chi connectivity index (χ2n) is 2.56. The second kappa shape index (κ2) is 13.3. The lowest BCUT2D eigenvalue weighted by atomic mass is 10.4. The molecule has 0 atom stereocenters. The zero-order valence-corrected chi connectivity index (χ0v) is 8.54. The first-order chi connectivity index (χ1) is 7.12. The second-order valence-corrected chi connectivity index (χ2v) is 2.56. The first-order valence-electron chi connectivity index (χ1n) is 4.49. The van der Waals surface area contributed by atoms with Crippen LogP contribution in [0.1, 0.15) is 0 Å². The van der Waals surface area contributed by atoms with E-state index in [1.165, 1.54) is 0 Å². The quantitative estimate of drug-likeness (QED) is 0.320. The fourth-order valence-corrected chi connectivity index (χ4v) is 0.760. The molecule has 0 aliphatic carbocycles. The first-order valence-corrected chi connectivity index (χ1v) is 4.49. The van der Waals surface area contributed by atoms with Gasteiger partial charge in [-0.05, 0) is 0 Å². The fraction of sp³-hybridized carbons (Fsp3) is 0.875. The Balaban J connectivity index is 0. The molecule has 15 heavy (non-hydrogen) atoms. The van der Waals surface area contributed by atoms with Crippen LogP contribution < -0.4 is 0 Å². The third-order valence-corrected chi connectivity index (χ3v) is 1.38. The molecule has 7 heteroatoms. The molecule has 5 N–H and O–H groups in total. The molecule has 0 rings (SSSR count). The summed E-state index contributed by atoms with van der Waals surface area (Å²) in [5, 5.41) is 40.5. The van der Waals surface area contributed by atoms with Crippen LogP contribution >= 0.6 is 0 Å². The maximum Gasteiger partial charge on any atom is 0.329 e. The summed E-state index contributed by atoms with van der Waals surface area (Å²) in [6.07, 6.45) is 0. The van der Waals surface area contributed by atoms with Crippen LogP contribution in [0.3, 0.4) is 0 Å². The van der Waals surface area contributed by atoms with Gasteiger partial charge in [-0.2, -0.15) is 0 Å². The van der Waals surface area contributed by atoms with E-state index in [4.69, 9.17) is 30.3 Å². The molecule has 0 saturated heterocycles. The summed E-state index contributed by atoms with van der Waals surface area (Å²) in [4.78, 5) is 10.9. The van der Waals surface area contributed by atoms with E-state index in [1.807, 2.05) is 0 Å². The van der Waals surface area contributed by atoms with Crippen molar-refractivity contribution in [3.63, 3.8) is 0 Å². The highest BCUT2D eigenvalue weighted by atomic mass is 16.4. The smallest absolute Gasteiger partial charge is 0.329 e. The Kier molecular flexibility index (Phi) is 14.8. The molecule has 7 nitrogen and oxygen atoms in total. The van der Waals surface area contributed by atoms with Gasteiger partial charge in [-0.3, -0.25) is 4.90 Å². The molecule has 0 aromatic carbocycles. The van der Waals surface area contributed by atoms with Crippen molar-refractivity contribution in [2.24, 2.45) is 0 Å². The van der Waals surface area contributed by atoms with Gasteiger partial charge in [0.15, 0.2) is 0 Å². The summed E-state index contributed by atoms with van der Waals surface area (Å²) in [5.41, 5.74) is 0. The Morgan fingerprint density at radius 2 is 1.13 bits per heavy atom. The van der Waals surface area contributed by atoms with Gasteiger partial charge in [0, 0.05) is 19.6 Å². The molecule has 0 aliphatic rings. The first kappa shape index (κ1) is 16.7. The van der Waals surface area contributed by atoms with E-state index >= 15 is 0 Å². The van der Waals surface area contributed by atoms with Crippen molar-refractivity contribution >= 4 is 5.97 Å². The molecular formula is C8H19NO6. The molecule has 0 radical (unpaired) electrons. The highest BCUT2D eigenvalue weighted by Gasteiger charge is 2.00. The van der Waals surface area contributed by atoms with Gasteiger partial charge in [0.05, 0.1) is 19.8 Å². The molecule has 0 unspecified atom stereocenters. The lowest BCUT2D eigenvalue weighted by Crippen LogP contribution is -2.32. The number of hydrogen-bond acceptors (Lipinski definition) is 6. The highest BCUT2D eigenvalue weighted by molar-refractivity contribution is 5.67. The summed E-state index contributed by atoms with van der Waals surface area (Å²) in [6.45, 7) is 0.976. The van der Waals surface area contributed by atoms with Crippen LogP contribution in [0.25, 0.3) is 0 Å². The van der Waals surface area contributed by atoms with E-state index in [0.29, 0.717) is 19.6 Å². The SMILES string of the molecule is O=C(O)CO.OCCN(CCO)CCO. The zero-order chi connectivity index (χ0) is 12.1. The number of carboxylic acids is 1. The third-order valence-electron chi connectivity index (χ3n) is 1.38. The number of aliphatic hydroxyl groups excluding tert-OH is 4. The predicted octanol–water partition coefficient (Wildman–Crippen LogP) is -2.67. The molecule has 0 bridgehead atoms. The number of nitrogens with zero attached hydrogens (tertiary/aromatic N) is 1. The van der Waals surface area contributed by atoms with Crippen LogP contribution in [0.4, 0.5) is 0 Å². The van der Waals surface area contributed by atoms with E-state index in [1.54, 1.807) is 4.90 Å². The average molecular weight is 225 g/mol. The van der Waals surface area contributed by atoms with Gasteiger partial charge in [-0.25, -0.2) is 4.79 Å². The Morgan fingerprint density at radius 1 is 0.867 bits per heavy atom. The number of rotatable bonds is 7. The van der Waals surface area contributed by atoms with Crippen LogP contribution in [0.15, 0.2) is 0 Å². The molecule has 0 heterocycles. The minimum atomic E-state index is -1.19. The molecule has 0 spiro atoms. The van der Waals surface area contributed by atoms with Crippen LogP contribution in [0.5, 0.6) is 0 Å². The number of aliphatic hydroxyl groups is 4. The van der Waals surface area contributed by atoms with Crippen molar-refractivity contribution in [3.8, 4) is 0 Å². The highest BCUT2D eigenvalue weighted by Crippen LogP contribution is 1.84. The van der Waals surface area contributed by atoms with Gasteiger partial charge in [-0.1, -0.05) is 0 Å². The Morgan fingerprint density at radius 3 is 1.27 bits per heavy atom. The van der Waals surface area contributed by atoms with E-state index in [0.717, 1.165) is 0 Å². The Labute approximate surface area is 88.2 Å². The summed E-state index contributed by atoms with van der Waals surface area (Å²) in [5.74, 6) is -1.19. The van der Waals surface area contributed by atoms with E-state index < -0.39 is 12.6 Å². The minimum Gasteiger partial charge on any atom is -0.480 e. The number of carboxylic acid groups (broad SMARTS) is 1. The van der Waals surface area contributed by atoms with Crippen LogP contribution in [0, 0.1) is 0 Å². The topological polar surface area (TPSA) is 121 Å². The van der Waals surface area contributed by atoms with Crippen molar-refractivity contribution < 1.29 is 30.3 Å². The number of hydrogen-bond donors (Lipinski definition) is 5. The summed E-state index contributed by atoms with van der Waals surface area (Å²) in [6, 6.07) is 0. The summed E-state index contributed by atoms with van der Waals surface area (Å²) in [7, 11) is 0. The minimum absolute atomic E-state index is 0.0694. The van der Waals surface area contributed by atoms with E-state index in [-0.39, 0.29) is 19.8 Å². The normalized spacial score (nSPS) is 9.67. The monoisotopic (exact) mass is 225 g/mol. The molecule has 0 aromatic rings. The largest absolute Gasteiger partial charge is 0.480 e. The third kappa shape index (κ3) is 16.0. The van der Waals surface area contributed by atoms with Crippen molar-refractivity contribution in [1.29, 1.82) is 0 Å². The number of carbonyl (C=O) groups is 1. The number of aliphatic carboxylic acids is 1. The molecule has 0 fully saturated rings. The summed E-state index contributed by atoms with van der Waals surface area (Å²) >= 11 is 0. The van der Waals surface area contributed by atoms with Gasteiger partial charge in [0.1, 0.15) is 6.61 Å². The Hall–Kier alpha value is -0.730.